The summed E-state index contributed by atoms with van der Waals surface area (Å²) in [5, 5.41) is 15.0. The van der Waals surface area contributed by atoms with E-state index >= 15 is 0 Å². The molecule has 10 heteroatoms. The summed E-state index contributed by atoms with van der Waals surface area (Å²) in [6, 6.07) is 0. The van der Waals surface area contributed by atoms with E-state index in [1.165, 1.54) is 6.33 Å². The van der Waals surface area contributed by atoms with Crippen molar-refractivity contribution in [3.8, 4) is 0 Å². The largest absolute Gasteiger partial charge is 0.368 e. The van der Waals surface area contributed by atoms with Crippen molar-refractivity contribution in [2.75, 3.05) is 44.6 Å². The highest BCUT2D eigenvalue weighted by Crippen LogP contribution is 2.17. The topological polar surface area (TPSA) is 112 Å². The molecule has 0 atom stereocenters. The van der Waals surface area contributed by atoms with Crippen LogP contribution in [0.1, 0.15) is 26.2 Å². The zero-order valence-electron chi connectivity index (χ0n) is 16.6. The molecule has 2 aromatic heterocycles. The van der Waals surface area contributed by atoms with Gasteiger partial charge in [0.15, 0.2) is 11.6 Å². The van der Waals surface area contributed by atoms with Gasteiger partial charge in [0.25, 0.3) is 0 Å². The average molecular weight is 387 g/mol. The first-order valence-corrected chi connectivity index (χ1v) is 9.85. The lowest BCUT2D eigenvalue weighted by atomic mass is 10.4. The van der Waals surface area contributed by atoms with E-state index in [2.05, 4.69) is 36.0 Å². The molecule has 1 aliphatic heterocycles. The van der Waals surface area contributed by atoms with E-state index in [1.807, 2.05) is 18.9 Å². The first kappa shape index (κ1) is 19.8. The summed E-state index contributed by atoms with van der Waals surface area (Å²) in [6.07, 6.45) is 5.85. The predicted octanol–water partition coefficient (Wildman–Crippen LogP) is 0.343. The van der Waals surface area contributed by atoms with Crippen LogP contribution in [0.4, 0.5) is 5.82 Å². The molecule has 3 heterocycles. The molecule has 1 aliphatic rings. The summed E-state index contributed by atoms with van der Waals surface area (Å²) in [6.45, 7) is 6.59. The second-order valence-corrected chi connectivity index (χ2v) is 6.68. The minimum atomic E-state index is 0.271. The van der Waals surface area contributed by atoms with Gasteiger partial charge in [-0.25, -0.2) is 9.97 Å². The van der Waals surface area contributed by atoms with E-state index in [4.69, 9.17) is 0 Å². The number of anilines is 1. The predicted molar refractivity (Wildman–Crippen MR) is 109 cm³/mol. The summed E-state index contributed by atoms with van der Waals surface area (Å²) < 4.78 is 1.73. The second kappa shape index (κ2) is 9.86. The van der Waals surface area contributed by atoms with Crippen LogP contribution < -0.4 is 16.0 Å². The van der Waals surface area contributed by atoms with E-state index < -0.39 is 0 Å². The molecule has 1 amide bonds. The Bertz CT molecular complexity index is 816. The van der Waals surface area contributed by atoms with Gasteiger partial charge in [-0.1, -0.05) is 0 Å². The number of likely N-dealkylation sites (tertiary alicyclic amines) is 1. The normalized spacial score (nSPS) is 14.7. The Kier molecular flexibility index (Phi) is 6.99. The number of nitrogens with one attached hydrogen (secondary N) is 3. The van der Waals surface area contributed by atoms with Crippen LogP contribution in [0.5, 0.6) is 0 Å². The number of nitrogens with zero attached hydrogens (tertiary/aromatic N) is 6. The third-order valence-electron chi connectivity index (χ3n) is 4.61. The van der Waals surface area contributed by atoms with Crippen LogP contribution in [0.15, 0.2) is 17.5 Å². The minimum absolute atomic E-state index is 0.271. The molecule has 1 fully saturated rings. The fraction of sp³-hybridized carbons (Fsp3) is 0.611. The van der Waals surface area contributed by atoms with Crippen molar-refractivity contribution < 1.29 is 4.79 Å². The quantitative estimate of drug-likeness (QED) is 0.323. The second-order valence-electron chi connectivity index (χ2n) is 6.68. The van der Waals surface area contributed by atoms with Gasteiger partial charge in [0.05, 0.1) is 11.6 Å². The molecular formula is C18H29N9O. The first-order chi connectivity index (χ1) is 13.7. The maximum Gasteiger partial charge on any atom is 0.222 e. The Balaban J connectivity index is 1.42. The van der Waals surface area contributed by atoms with Gasteiger partial charge < -0.3 is 20.9 Å². The Morgan fingerprint density at radius 1 is 1.29 bits per heavy atom. The standard InChI is InChI=1S/C18H29N9O/c1-3-19-18(21-7-5-11-27-10-4-6-15(27)28)22-9-8-20-16-14-12-25-26(2)17(14)24-13-23-16/h12-13H,3-11H2,1-2H3,(H2,19,21,22)(H,20,23,24). The summed E-state index contributed by atoms with van der Waals surface area (Å²) in [5.41, 5.74) is 0.803. The molecule has 0 saturated carbocycles. The monoisotopic (exact) mass is 387 g/mol. The van der Waals surface area contributed by atoms with E-state index in [1.54, 1.807) is 10.9 Å². The van der Waals surface area contributed by atoms with Crippen molar-refractivity contribution in [3.05, 3.63) is 12.5 Å². The molecule has 0 aliphatic carbocycles. The van der Waals surface area contributed by atoms with Gasteiger partial charge in [-0.05, 0) is 19.8 Å². The van der Waals surface area contributed by atoms with Crippen molar-refractivity contribution in [2.24, 2.45) is 12.0 Å². The van der Waals surface area contributed by atoms with Crippen LogP contribution in [0, 0.1) is 0 Å². The van der Waals surface area contributed by atoms with Crippen molar-refractivity contribution in [1.82, 2.24) is 35.3 Å². The molecule has 1 saturated heterocycles. The summed E-state index contributed by atoms with van der Waals surface area (Å²) in [5.74, 6) is 1.83. The molecule has 3 N–H and O–H groups in total. The van der Waals surface area contributed by atoms with E-state index in [0.29, 0.717) is 26.1 Å². The zero-order valence-corrected chi connectivity index (χ0v) is 16.6. The van der Waals surface area contributed by atoms with E-state index in [-0.39, 0.29) is 5.91 Å². The summed E-state index contributed by atoms with van der Waals surface area (Å²) >= 11 is 0. The lowest BCUT2D eigenvalue weighted by Crippen LogP contribution is -2.39. The van der Waals surface area contributed by atoms with Gasteiger partial charge in [-0.3, -0.25) is 14.5 Å². The van der Waals surface area contributed by atoms with Gasteiger partial charge in [-0.15, -0.1) is 0 Å². The number of aliphatic imine (C=N–C) groups is 1. The number of hydrogen-bond acceptors (Lipinski definition) is 6. The summed E-state index contributed by atoms with van der Waals surface area (Å²) in [4.78, 5) is 26.7. The number of rotatable bonds is 9. The zero-order chi connectivity index (χ0) is 19.8. The smallest absolute Gasteiger partial charge is 0.222 e. The third kappa shape index (κ3) is 5.08. The molecule has 0 aromatic carbocycles. The number of hydrogen-bond donors (Lipinski definition) is 3. The van der Waals surface area contributed by atoms with Crippen LogP contribution in [-0.2, 0) is 11.8 Å². The van der Waals surface area contributed by atoms with Crippen molar-refractivity contribution >= 4 is 28.7 Å². The molecule has 3 rings (SSSR count). The van der Waals surface area contributed by atoms with Crippen molar-refractivity contribution in [1.29, 1.82) is 0 Å². The molecule has 152 valence electrons. The minimum Gasteiger partial charge on any atom is -0.368 e. The molecule has 0 unspecified atom stereocenters. The van der Waals surface area contributed by atoms with E-state index in [9.17, 15) is 4.79 Å². The maximum absolute atomic E-state index is 11.6. The average Bonchev–Trinajstić information content (AvgIpc) is 3.28. The molecule has 0 radical (unpaired) electrons. The SMILES string of the molecule is CCNC(=NCCCN1CCCC1=O)NCCNc1ncnc2c1cnn2C. The molecule has 0 spiro atoms. The molecular weight excluding hydrogens is 358 g/mol. The number of carbonyl (C=O) groups excluding carboxylic acids is 1. The highest BCUT2D eigenvalue weighted by molar-refractivity contribution is 5.86. The lowest BCUT2D eigenvalue weighted by molar-refractivity contribution is -0.127. The maximum atomic E-state index is 11.6. The molecule has 28 heavy (non-hydrogen) atoms. The summed E-state index contributed by atoms with van der Waals surface area (Å²) in [7, 11) is 1.86. The van der Waals surface area contributed by atoms with Crippen LogP contribution in [-0.4, -0.2) is 75.8 Å². The highest BCUT2D eigenvalue weighted by Gasteiger charge is 2.18. The van der Waals surface area contributed by atoms with Gasteiger partial charge in [0.1, 0.15) is 12.1 Å². The van der Waals surface area contributed by atoms with Crippen molar-refractivity contribution in [3.63, 3.8) is 0 Å². The van der Waals surface area contributed by atoms with Gasteiger partial charge in [0, 0.05) is 52.7 Å². The van der Waals surface area contributed by atoms with Crippen LogP contribution in [0.2, 0.25) is 0 Å². The fourth-order valence-corrected chi connectivity index (χ4v) is 3.20. The number of aromatic nitrogens is 4. The number of fused-ring (bicyclic) bond motifs is 1. The number of amides is 1. The van der Waals surface area contributed by atoms with Crippen LogP contribution in [0.3, 0.4) is 0 Å². The Morgan fingerprint density at radius 3 is 2.96 bits per heavy atom. The van der Waals surface area contributed by atoms with Gasteiger partial charge in [0.2, 0.25) is 5.91 Å². The van der Waals surface area contributed by atoms with Crippen molar-refractivity contribution in [2.45, 2.75) is 26.2 Å². The number of carbonyl (C=O) groups is 1. The Hall–Kier alpha value is -2.91. The van der Waals surface area contributed by atoms with Gasteiger partial charge >= 0.3 is 0 Å². The number of aryl methyl sites for hydroxylation is 1. The lowest BCUT2D eigenvalue weighted by Gasteiger charge is -2.15. The Labute approximate surface area is 164 Å². The van der Waals surface area contributed by atoms with Crippen LogP contribution in [0.25, 0.3) is 11.0 Å². The highest BCUT2D eigenvalue weighted by atomic mass is 16.2. The number of guanidine groups is 1. The first-order valence-electron chi connectivity index (χ1n) is 9.85. The van der Waals surface area contributed by atoms with E-state index in [0.717, 1.165) is 55.3 Å². The molecule has 0 bridgehead atoms. The fourth-order valence-electron chi connectivity index (χ4n) is 3.20. The van der Waals surface area contributed by atoms with Crippen LogP contribution >= 0.6 is 0 Å². The Morgan fingerprint density at radius 2 is 2.18 bits per heavy atom. The molecule has 2 aromatic rings. The van der Waals surface area contributed by atoms with Gasteiger partial charge in [-0.2, -0.15) is 5.10 Å². The third-order valence-corrected chi connectivity index (χ3v) is 4.61. The molecule has 10 nitrogen and oxygen atoms in total.